The van der Waals surface area contributed by atoms with Gasteiger partial charge in [0.1, 0.15) is 0 Å². The van der Waals surface area contributed by atoms with Crippen molar-refractivity contribution in [3.05, 3.63) is 52.0 Å². The molecular formula is C18H27IN4S. The molecule has 4 nitrogen and oxygen atoms in total. The maximum absolute atomic E-state index is 4.64. The van der Waals surface area contributed by atoms with E-state index in [1.807, 2.05) is 25.1 Å². The number of aromatic nitrogens is 1. The van der Waals surface area contributed by atoms with Gasteiger partial charge in [0.15, 0.2) is 5.96 Å². The number of rotatable bonds is 6. The summed E-state index contributed by atoms with van der Waals surface area (Å²) in [7, 11) is 0. The molecule has 0 saturated carbocycles. The number of aryl methyl sites for hydroxylation is 1. The first-order valence-electron chi connectivity index (χ1n) is 8.00. The second-order valence-corrected chi connectivity index (χ2v) is 7.13. The number of nitrogens with zero attached hydrogens (tertiary/aromatic N) is 2. The SMILES string of the molecule is CCNC(=NCc1cccc(C)n1)NCC(C)(C)c1cccs1.I. The Morgan fingerprint density at radius 3 is 2.62 bits per heavy atom. The summed E-state index contributed by atoms with van der Waals surface area (Å²) in [5, 5.41) is 8.88. The number of hydrogen-bond donors (Lipinski definition) is 2. The average Bonchev–Trinajstić information content (AvgIpc) is 3.05. The third-order valence-electron chi connectivity index (χ3n) is 3.58. The molecule has 2 aromatic heterocycles. The Labute approximate surface area is 166 Å². The van der Waals surface area contributed by atoms with Crippen LogP contribution in [0.15, 0.2) is 40.7 Å². The molecule has 0 saturated heterocycles. The zero-order chi connectivity index (χ0) is 16.7. The summed E-state index contributed by atoms with van der Waals surface area (Å²) in [4.78, 5) is 10.5. The van der Waals surface area contributed by atoms with E-state index in [1.54, 1.807) is 11.3 Å². The van der Waals surface area contributed by atoms with E-state index in [0.29, 0.717) is 6.54 Å². The van der Waals surface area contributed by atoms with Crippen LogP contribution in [0.3, 0.4) is 0 Å². The van der Waals surface area contributed by atoms with Crippen molar-refractivity contribution in [1.82, 2.24) is 15.6 Å². The van der Waals surface area contributed by atoms with Crippen molar-refractivity contribution in [2.24, 2.45) is 4.99 Å². The minimum absolute atomic E-state index is 0. The fraction of sp³-hybridized carbons (Fsp3) is 0.444. The standard InChI is InChI=1S/C18H26N4S.HI/c1-5-19-17(20-12-15-9-6-8-14(2)22-15)21-13-18(3,4)16-10-7-11-23-16;/h6-11H,5,12-13H2,1-4H3,(H2,19,20,21);1H. The van der Waals surface area contributed by atoms with Crippen LogP contribution < -0.4 is 10.6 Å². The molecule has 0 aliphatic carbocycles. The normalized spacial score (nSPS) is 11.8. The summed E-state index contributed by atoms with van der Waals surface area (Å²) in [5.41, 5.74) is 2.08. The summed E-state index contributed by atoms with van der Waals surface area (Å²) < 4.78 is 0. The van der Waals surface area contributed by atoms with Crippen molar-refractivity contribution >= 4 is 41.3 Å². The molecule has 0 atom stereocenters. The highest BCUT2D eigenvalue weighted by Crippen LogP contribution is 2.26. The number of nitrogens with one attached hydrogen (secondary N) is 2. The quantitative estimate of drug-likeness (QED) is 0.389. The molecule has 6 heteroatoms. The topological polar surface area (TPSA) is 49.3 Å². The van der Waals surface area contributed by atoms with Gasteiger partial charge in [-0.05, 0) is 37.4 Å². The van der Waals surface area contributed by atoms with Gasteiger partial charge in [0, 0.05) is 29.1 Å². The van der Waals surface area contributed by atoms with E-state index in [1.165, 1.54) is 4.88 Å². The monoisotopic (exact) mass is 458 g/mol. The van der Waals surface area contributed by atoms with Crippen LogP contribution in [0.1, 0.15) is 37.0 Å². The third kappa shape index (κ3) is 6.39. The van der Waals surface area contributed by atoms with Crippen LogP contribution in [0, 0.1) is 6.92 Å². The lowest BCUT2D eigenvalue weighted by Crippen LogP contribution is -2.43. The molecule has 0 aliphatic heterocycles. The molecule has 2 aromatic rings. The van der Waals surface area contributed by atoms with Gasteiger partial charge in [-0.1, -0.05) is 26.0 Å². The van der Waals surface area contributed by atoms with Gasteiger partial charge in [0.25, 0.3) is 0 Å². The first-order valence-corrected chi connectivity index (χ1v) is 8.88. The van der Waals surface area contributed by atoms with Gasteiger partial charge in [-0.25, -0.2) is 4.99 Å². The van der Waals surface area contributed by atoms with Gasteiger partial charge in [0.2, 0.25) is 0 Å². The highest BCUT2D eigenvalue weighted by atomic mass is 127. The molecule has 0 spiro atoms. The van der Waals surface area contributed by atoms with Gasteiger partial charge < -0.3 is 10.6 Å². The molecule has 24 heavy (non-hydrogen) atoms. The Kier molecular flexibility index (Phi) is 8.69. The van der Waals surface area contributed by atoms with E-state index in [9.17, 15) is 0 Å². The van der Waals surface area contributed by atoms with E-state index in [2.05, 4.69) is 58.9 Å². The first kappa shape index (κ1) is 20.9. The molecular weight excluding hydrogens is 431 g/mol. The van der Waals surface area contributed by atoms with E-state index in [-0.39, 0.29) is 29.4 Å². The van der Waals surface area contributed by atoms with Crippen LogP contribution in [0.25, 0.3) is 0 Å². The number of aliphatic imine (C=N–C) groups is 1. The Balaban J connectivity index is 0.00000288. The maximum Gasteiger partial charge on any atom is 0.191 e. The summed E-state index contributed by atoms with van der Waals surface area (Å²) in [6, 6.07) is 10.3. The molecule has 2 N–H and O–H groups in total. The van der Waals surface area contributed by atoms with Crippen LogP contribution in [0.2, 0.25) is 0 Å². The average molecular weight is 458 g/mol. The molecule has 0 radical (unpaired) electrons. The molecule has 0 unspecified atom stereocenters. The molecule has 2 rings (SSSR count). The predicted molar refractivity (Wildman–Crippen MR) is 115 cm³/mol. The summed E-state index contributed by atoms with van der Waals surface area (Å²) >= 11 is 1.80. The van der Waals surface area contributed by atoms with Gasteiger partial charge in [0.05, 0.1) is 12.2 Å². The van der Waals surface area contributed by atoms with Crippen molar-refractivity contribution in [3.8, 4) is 0 Å². The molecule has 132 valence electrons. The maximum atomic E-state index is 4.64. The molecule has 0 fully saturated rings. The smallest absolute Gasteiger partial charge is 0.191 e. The molecule has 0 aliphatic rings. The van der Waals surface area contributed by atoms with Gasteiger partial charge in [-0.15, -0.1) is 35.3 Å². The van der Waals surface area contributed by atoms with Crippen LogP contribution in [-0.2, 0) is 12.0 Å². The van der Waals surface area contributed by atoms with Gasteiger partial charge in [-0.3, -0.25) is 4.98 Å². The second kappa shape index (κ2) is 9.98. The lowest BCUT2D eigenvalue weighted by Gasteiger charge is -2.25. The van der Waals surface area contributed by atoms with Crippen molar-refractivity contribution < 1.29 is 0 Å². The fourth-order valence-electron chi connectivity index (χ4n) is 2.24. The molecule has 0 aromatic carbocycles. The Morgan fingerprint density at radius 1 is 1.21 bits per heavy atom. The minimum atomic E-state index is 0. The minimum Gasteiger partial charge on any atom is -0.357 e. The van der Waals surface area contributed by atoms with Crippen LogP contribution in [-0.4, -0.2) is 24.0 Å². The fourth-order valence-corrected chi connectivity index (χ4v) is 3.10. The first-order chi connectivity index (χ1) is 11.0. The Hall–Kier alpha value is -1.15. The number of guanidine groups is 1. The van der Waals surface area contributed by atoms with Gasteiger partial charge in [-0.2, -0.15) is 0 Å². The number of thiophene rings is 1. The van der Waals surface area contributed by atoms with Crippen molar-refractivity contribution in [2.75, 3.05) is 13.1 Å². The van der Waals surface area contributed by atoms with Crippen molar-refractivity contribution in [3.63, 3.8) is 0 Å². The number of hydrogen-bond acceptors (Lipinski definition) is 3. The highest BCUT2D eigenvalue weighted by molar-refractivity contribution is 14.0. The van der Waals surface area contributed by atoms with E-state index in [4.69, 9.17) is 0 Å². The highest BCUT2D eigenvalue weighted by Gasteiger charge is 2.21. The van der Waals surface area contributed by atoms with E-state index in [0.717, 1.165) is 30.4 Å². The zero-order valence-electron chi connectivity index (χ0n) is 14.8. The van der Waals surface area contributed by atoms with Crippen molar-refractivity contribution in [2.45, 2.75) is 39.7 Å². The van der Waals surface area contributed by atoms with E-state index >= 15 is 0 Å². The molecule has 2 heterocycles. The predicted octanol–water partition coefficient (Wildman–Crippen LogP) is 4.10. The van der Waals surface area contributed by atoms with E-state index < -0.39 is 0 Å². The third-order valence-corrected chi connectivity index (χ3v) is 4.81. The number of halogens is 1. The number of pyridine rings is 1. The Morgan fingerprint density at radius 2 is 2.00 bits per heavy atom. The zero-order valence-corrected chi connectivity index (χ0v) is 17.9. The molecule has 0 bridgehead atoms. The van der Waals surface area contributed by atoms with Gasteiger partial charge >= 0.3 is 0 Å². The lowest BCUT2D eigenvalue weighted by atomic mass is 9.91. The Bertz CT molecular complexity index is 638. The van der Waals surface area contributed by atoms with Crippen LogP contribution in [0.4, 0.5) is 0 Å². The summed E-state index contributed by atoms with van der Waals surface area (Å²) in [6.07, 6.45) is 0. The van der Waals surface area contributed by atoms with Crippen LogP contribution in [0.5, 0.6) is 0 Å². The largest absolute Gasteiger partial charge is 0.357 e. The summed E-state index contributed by atoms with van der Waals surface area (Å²) in [6.45, 7) is 10.8. The second-order valence-electron chi connectivity index (χ2n) is 6.18. The molecule has 0 amide bonds. The van der Waals surface area contributed by atoms with Crippen LogP contribution >= 0.6 is 35.3 Å². The van der Waals surface area contributed by atoms with Crippen molar-refractivity contribution in [1.29, 1.82) is 0 Å². The lowest BCUT2D eigenvalue weighted by molar-refractivity contribution is 0.518. The summed E-state index contributed by atoms with van der Waals surface area (Å²) in [5.74, 6) is 0.834.